The Labute approximate surface area is 171 Å². The van der Waals surface area contributed by atoms with Gasteiger partial charge in [0, 0.05) is 6.42 Å². The van der Waals surface area contributed by atoms with E-state index in [-0.39, 0.29) is 18.0 Å². The van der Waals surface area contributed by atoms with Crippen LogP contribution in [0.15, 0.2) is 24.3 Å². The summed E-state index contributed by atoms with van der Waals surface area (Å²) in [5.41, 5.74) is -0.630. The molecule has 0 aromatic heterocycles. The maximum Gasteiger partial charge on any atom is 0.528 e. The van der Waals surface area contributed by atoms with Gasteiger partial charge in [0.1, 0.15) is 23.0 Å². The quantitative estimate of drug-likeness (QED) is 0.406. The van der Waals surface area contributed by atoms with E-state index in [0.29, 0.717) is 0 Å². The van der Waals surface area contributed by atoms with E-state index in [1.165, 1.54) is 29.0 Å². The van der Waals surface area contributed by atoms with Crippen LogP contribution in [0.25, 0.3) is 0 Å². The van der Waals surface area contributed by atoms with Gasteiger partial charge in [-0.2, -0.15) is 0 Å². The third-order valence-electron chi connectivity index (χ3n) is 3.23. The summed E-state index contributed by atoms with van der Waals surface area (Å²) in [5, 5.41) is 10.8. The molecule has 0 bridgehead atoms. The van der Waals surface area contributed by atoms with Crippen LogP contribution in [-0.2, 0) is 25.5 Å². The van der Waals surface area contributed by atoms with Crippen LogP contribution >= 0.6 is 11.8 Å². The number of phenols is 1. The van der Waals surface area contributed by atoms with Gasteiger partial charge in [-0.25, -0.2) is 4.79 Å². The van der Waals surface area contributed by atoms with E-state index < -0.39 is 29.4 Å². The van der Waals surface area contributed by atoms with Crippen molar-refractivity contribution in [2.45, 2.75) is 65.2 Å². The van der Waals surface area contributed by atoms with E-state index in [1.54, 1.807) is 53.7 Å². The number of aromatic hydroxyl groups is 1. The van der Waals surface area contributed by atoms with Gasteiger partial charge in [-0.1, -0.05) is 12.1 Å². The molecule has 0 aliphatic carbocycles. The summed E-state index contributed by atoms with van der Waals surface area (Å²) >= 11 is 1.39. The fourth-order valence-electron chi connectivity index (χ4n) is 2.20. The summed E-state index contributed by atoms with van der Waals surface area (Å²) in [7, 11) is 0. The van der Waals surface area contributed by atoms with Crippen molar-refractivity contribution in [1.82, 2.24) is 5.06 Å². The third kappa shape index (κ3) is 9.32. The van der Waals surface area contributed by atoms with Crippen LogP contribution in [0.5, 0.6) is 5.75 Å². The monoisotopic (exact) mass is 413 g/mol. The first-order valence-electron chi connectivity index (χ1n) is 8.98. The van der Waals surface area contributed by atoms with Crippen LogP contribution in [0.4, 0.5) is 4.79 Å². The zero-order valence-corrected chi connectivity index (χ0v) is 18.5. The number of benzene rings is 1. The second-order valence-corrected chi connectivity index (χ2v) is 9.15. The number of rotatable bonds is 7. The molecule has 0 radical (unpaired) electrons. The van der Waals surface area contributed by atoms with Crippen molar-refractivity contribution < 1.29 is 29.0 Å². The largest absolute Gasteiger partial charge is 0.528 e. The lowest BCUT2D eigenvalue weighted by molar-refractivity contribution is -0.188. The number of hydrogen-bond donors (Lipinski definition) is 1. The minimum absolute atomic E-state index is 0.128. The van der Waals surface area contributed by atoms with Crippen molar-refractivity contribution in [3.63, 3.8) is 0 Å². The summed E-state index contributed by atoms with van der Waals surface area (Å²) in [6.45, 7) is 10.5. The van der Waals surface area contributed by atoms with Gasteiger partial charge in [0.15, 0.2) is 0 Å². The molecule has 8 heteroatoms. The van der Waals surface area contributed by atoms with Gasteiger partial charge >= 0.3 is 12.1 Å². The highest BCUT2D eigenvalue weighted by molar-refractivity contribution is 7.98. The smallest absolute Gasteiger partial charge is 0.508 e. The molecular formula is C20H31NO6S. The zero-order valence-electron chi connectivity index (χ0n) is 17.6. The van der Waals surface area contributed by atoms with Crippen LogP contribution in [0, 0.1) is 0 Å². The van der Waals surface area contributed by atoms with E-state index >= 15 is 0 Å². The average Bonchev–Trinajstić information content (AvgIpc) is 2.50. The van der Waals surface area contributed by atoms with E-state index in [2.05, 4.69) is 0 Å². The third-order valence-corrected chi connectivity index (χ3v) is 3.74. The maximum absolute atomic E-state index is 12.9. The van der Waals surface area contributed by atoms with E-state index in [0.717, 1.165) is 5.56 Å². The number of hydrogen-bond acceptors (Lipinski definition) is 8. The van der Waals surface area contributed by atoms with Gasteiger partial charge in [0.25, 0.3) is 0 Å². The molecule has 0 fully saturated rings. The summed E-state index contributed by atoms with van der Waals surface area (Å²) in [6.07, 6.45) is 1.18. The lowest BCUT2D eigenvalue weighted by atomic mass is 10.1. The molecule has 0 saturated heterocycles. The fourth-order valence-corrected chi connectivity index (χ4v) is 2.69. The molecule has 0 unspecified atom stereocenters. The summed E-state index contributed by atoms with van der Waals surface area (Å²) in [6, 6.07) is 5.61. The Bertz CT molecular complexity index is 648. The van der Waals surface area contributed by atoms with Crippen LogP contribution in [0.3, 0.4) is 0 Å². The van der Waals surface area contributed by atoms with Gasteiger partial charge in [0.2, 0.25) is 0 Å². The number of carbonyl (C=O) groups is 2. The molecule has 158 valence electrons. The predicted molar refractivity (Wildman–Crippen MR) is 109 cm³/mol. The molecule has 1 aromatic rings. The van der Waals surface area contributed by atoms with E-state index in [1.807, 2.05) is 6.26 Å². The Morgan fingerprint density at radius 1 is 1.04 bits per heavy atom. The highest BCUT2D eigenvalue weighted by Gasteiger charge is 2.34. The number of carbonyl (C=O) groups excluding carboxylic acids is 2. The topological polar surface area (TPSA) is 85.3 Å². The molecule has 0 spiro atoms. The number of thioether (sulfide) groups is 1. The van der Waals surface area contributed by atoms with Crippen molar-refractivity contribution in [2.24, 2.45) is 0 Å². The Kier molecular flexibility index (Phi) is 8.63. The second-order valence-electron chi connectivity index (χ2n) is 8.31. The Morgan fingerprint density at radius 3 is 2.04 bits per heavy atom. The number of esters is 1. The second kappa shape index (κ2) is 10.0. The number of phenolic OH excluding ortho intramolecular Hbond substituents is 1. The standard InChI is InChI=1S/C20H31NO6S/c1-19(2,3)25-17(23)16(12-14-8-10-15(22)11-9-14)21(13-28-7)27-18(24)26-20(4,5)6/h8-11,16,22H,12-13H2,1-7H3/t16-/m1/s1. The molecule has 0 amide bonds. The van der Waals surface area contributed by atoms with Crippen molar-refractivity contribution in [1.29, 1.82) is 0 Å². The lowest BCUT2D eigenvalue weighted by Gasteiger charge is -2.31. The highest BCUT2D eigenvalue weighted by atomic mass is 32.2. The summed E-state index contributed by atoms with van der Waals surface area (Å²) in [5.74, 6) is -0.136. The minimum atomic E-state index is -0.888. The summed E-state index contributed by atoms with van der Waals surface area (Å²) < 4.78 is 10.7. The first-order valence-corrected chi connectivity index (χ1v) is 10.4. The van der Waals surface area contributed by atoms with Crippen LogP contribution in [0.1, 0.15) is 47.1 Å². The molecule has 1 atom stereocenters. The van der Waals surface area contributed by atoms with E-state index in [9.17, 15) is 14.7 Å². The first kappa shape index (κ1) is 24.1. The summed E-state index contributed by atoms with van der Waals surface area (Å²) in [4.78, 5) is 30.4. The Morgan fingerprint density at radius 2 is 1.57 bits per heavy atom. The fraction of sp³-hybridized carbons (Fsp3) is 0.600. The number of ether oxygens (including phenoxy) is 2. The van der Waals surface area contributed by atoms with Crippen LogP contribution in [-0.4, -0.2) is 51.7 Å². The lowest BCUT2D eigenvalue weighted by Crippen LogP contribution is -2.47. The SMILES string of the molecule is CSCN(OC(=O)OC(C)(C)C)[C@H](Cc1ccc(O)cc1)C(=O)OC(C)(C)C. The van der Waals surface area contributed by atoms with Crippen molar-refractivity contribution in [3.05, 3.63) is 29.8 Å². The average molecular weight is 414 g/mol. The number of hydroxylamine groups is 2. The number of nitrogens with zero attached hydrogens (tertiary/aromatic N) is 1. The maximum atomic E-state index is 12.9. The molecule has 0 heterocycles. The predicted octanol–water partition coefficient (Wildman–Crippen LogP) is 4.13. The van der Waals surface area contributed by atoms with Crippen LogP contribution < -0.4 is 0 Å². The van der Waals surface area contributed by atoms with E-state index in [4.69, 9.17) is 14.3 Å². The van der Waals surface area contributed by atoms with Gasteiger partial charge in [-0.15, -0.1) is 16.8 Å². The van der Waals surface area contributed by atoms with Crippen molar-refractivity contribution >= 4 is 23.9 Å². The van der Waals surface area contributed by atoms with Gasteiger partial charge in [-0.3, -0.25) is 4.79 Å². The molecule has 28 heavy (non-hydrogen) atoms. The molecule has 1 aromatic carbocycles. The minimum Gasteiger partial charge on any atom is -0.508 e. The molecule has 0 saturated carbocycles. The molecular weight excluding hydrogens is 382 g/mol. The Balaban J connectivity index is 3.09. The normalized spacial score (nSPS) is 13.1. The zero-order chi connectivity index (χ0) is 21.5. The molecule has 7 nitrogen and oxygen atoms in total. The van der Waals surface area contributed by atoms with Gasteiger partial charge in [0.05, 0.1) is 5.88 Å². The molecule has 0 aliphatic rings. The molecule has 1 rings (SSSR count). The first-order chi connectivity index (χ1) is 12.8. The molecule has 1 N–H and O–H groups in total. The van der Waals surface area contributed by atoms with Gasteiger partial charge < -0.3 is 19.4 Å². The van der Waals surface area contributed by atoms with Crippen molar-refractivity contribution in [2.75, 3.05) is 12.1 Å². The molecule has 0 aliphatic heterocycles. The highest BCUT2D eigenvalue weighted by Crippen LogP contribution is 2.20. The van der Waals surface area contributed by atoms with Crippen LogP contribution in [0.2, 0.25) is 0 Å². The van der Waals surface area contributed by atoms with Crippen molar-refractivity contribution in [3.8, 4) is 5.75 Å². The Hall–Kier alpha value is -1.93. The van der Waals surface area contributed by atoms with Gasteiger partial charge in [-0.05, 0) is 65.5 Å².